The van der Waals surface area contributed by atoms with Gasteiger partial charge < -0.3 is 15.0 Å². The molecule has 1 amide bonds. The van der Waals surface area contributed by atoms with Gasteiger partial charge in [0, 0.05) is 29.1 Å². The van der Waals surface area contributed by atoms with Crippen molar-refractivity contribution in [3.05, 3.63) is 52.8 Å². The SMILES string of the molecule is Cc1cc(C(=O)COc2ccc(C(N)=O)cc2)c(C)n1CCC(C)C. The van der Waals surface area contributed by atoms with E-state index in [4.69, 9.17) is 10.5 Å². The molecule has 1 aromatic heterocycles. The highest BCUT2D eigenvalue weighted by molar-refractivity contribution is 5.98. The maximum Gasteiger partial charge on any atom is 0.248 e. The first kappa shape index (κ1) is 18.8. The van der Waals surface area contributed by atoms with Crippen molar-refractivity contribution in [2.45, 2.75) is 40.7 Å². The molecule has 0 radical (unpaired) electrons. The van der Waals surface area contributed by atoms with Crippen LogP contribution in [0, 0.1) is 19.8 Å². The lowest BCUT2D eigenvalue weighted by Gasteiger charge is -2.11. The Hall–Kier alpha value is -2.56. The van der Waals surface area contributed by atoms with Gasteiger partial charge in [-0.25, -0.2) is 0 Å². The third kappa shape index (κ3) is 4.72. The summed E-state index contributed by atoms with van der Waals surface area (Å²) in [6.07, 6.45) is 1.08. The number of rotatable bonds is 8. The van der Waals surface area contributed by atoms with Crippen molar-refractivity contribution >= 4 is 11.7 Å². The van der Waals surface area contributed by atoms with Crippen molar-refractivity contribution in [3.63, 3.8) is 0 Å². The Bertz CT molecular complexity index is 758. The molecule has 0 saturated carbocycles. The van der Waals surface area contributed by atoms with Crippen molar-refractivity contribution in [1.29, 1.82) is 0 Å². The summed E-state index contributed by atoms with van der Waals surface area (Å²) in [5.74, 6) is 0.610. The van der Waals surface area contributed by atoms with Crippen LogP contribution in [0.5, 0.6) is 5.75 Å². The molecule has 0 aliphatic rings. The number of aryl methyl sites for hydroxylation is 1. The second-order valence-corrected chi connectivity index (χ2v) is 6.72. The largest absolute Gasteiger partial charge is 0.485 e. The first-order valence-corrected chi connectivity index (χ1v) is 8.52. The molecule has 0 spiro atoms. The van der Waals surface area contributed by atoms with Crippen LogP contribution in [-0.2, 0) is 6.54 Å². The second kappa shape index (κ2) is 8.01. The Balaban J connectivity index is 2.03. The number of hydrogen-bond acceptors (Lipinski definition) is 3. The summed E-state index contributed by atoms with van der Waals surface area (Å²) >= 11 is 0. The lowest BCUT2D eigenvalue weighted by Crippen LogP contribution is -2.14. The van der Waals surface area contributed by atoms with Crippen LogP contribution < -0.4 is 10.5 Å². The molecule has 2 rings (SSSR count). The number of ether oxygens (including phenoxy) is 1. The number of nitrogens with two attached hydrogens (primary N) is 1. The molecule has 0 saturated heterocycles. The fourth-order valence-corrected chi connectivity index (χ4v) is 2.76. The second-order valence-electron chi connectivity index (χ2n) is 6.72. The first-order chi connectivity index (χ1) is 11.8. The van der Waals surface area contributed by atoms with Gasteiger partial charge in [0.25, 0.3) is 0 Å². The Morgan fingerprint density at radius 2 is 1.80 bits per heavy atom. The average molecular weight is 342 g/mol. The number of nitrogens with zero attached hydrogens (tertiary/aromatic N) is 1. The maximum absolute atomic E-state index is 12.5. The van der Waals surface area contributed by atoms with Crippen molar-refractivity contribution in [1.82, 2.24) is 4.57 Å². The van der Waals surface area contributed by atoms with Crippen molar-refractivity contribution in [2.75, 3.05) is 6.61 Å². The molecule has 0 bridgehead atoms. The number of ketones is 1. The van der Waals surface area contributed by atoms with Crippen LogP contribution in [0.3, 0.4) is 0 Å². The van der Waals surface area contributed by atoms with E-state index in [1.165, 1.54) is 0 Å². The third-order valence-corrected chi connectivity index (χ3v) is 4.31. The smallest absolute Gasteiger partial charge is 0.248 e. The normalized spacial score (nSPS) is 10.9. The number of amides is 1. The van der Waals surface area contributed by atoms with Gasteiger partial charge in [0.05, 0.1) is 0 Å². The Morgan fingerprint density at radius 1 is 1.16 bits per heavy atom. The lowest BCUT2D eigenvalue weighted by atomic mass is 10.1. The molecule has 5 heteroatoms. The number of primary amides is 1. The molecule has 1 aromatic carbocycles. The quantitative estimate of drug-likeness (QED) is 0.746. The number of hydrogen-bond donors (Lipinski definition) is 1. The summed E-state index contributed by atoms with van der Waals surface area (Å²) < 4.78 is 7.74. The lowest BCUT2D eigenvalue weighted by molar-refractivity contribution is 0.0919. The molecule has 134 valence electrons. The molecule has 5 nitrogen and oxygen atoms in total. The number of Topliss-reactive ketones (excluding diaryl/α,β-unsaturated/α-hetero) is 1. The van der Waals surface area contributed by atoms with Gasteiger partial charge in [-0.2, -0.15) is 0 Å². The van der Waals surface area contributed by atoms with Crippen molar-refractivity contribution in [2.24, 2.45) is 11.7 Å². The van der Waals surface area contributed by atoms with Crippen LogP contribution in [-0.4, -0.2) is 22.9 Å². The highest BCUT2D eigenvalue weighted by atomic mass is 16.5. The summed E-state index contributed by atoms with van der Waals surface area (Å²) in [7, 11) is 0. The monoisotopic (exact) mass is 342 g/mol. The number of benzene rings is 1. The van der Waals surface area contributed by atoms with Crippen LogP contribution in [0.1, 0.15) is 52.4 Å². The van der Waals surface area contributed by atoms with E-state index in [1.807, 2.05) is 19.9 Å². The van der Waals surface area contributed by atoms with E-state index in [2.05, 4.69) is 18.4 Å². The van der Waals surface area contributed by atoms with Crippen LogP contribution in [0.15, 0.2) is 30.3 Å². The minimum Gasteiger partial charge on any atom is -0.485 e. The standard InChI is InChI=1S/C20H26N2O3/c1-13(2)9-10-22-14(3)11-18(15(22)4)19(23)12-25-17-7-5-16(6-8-17)20(21)24/h5-8,11,13H,9-10,12H2,1-4H3,(H2,21,24). The molecule has 1 heterocycles. The molecule has 2 N–H and O–H groups in total. The molecule has 0 aliphatic heterocycles. The van der Waals surface area contributed by atoms with Gasteiger partial charge in [0.1, 0.15) is 5.75 Å². The minimum absolute atomic E-state index is 0.0373. The van der Waals surface area contributed by atoms with Gasteiger partial charge in [0.15, 0.2) is 6.61 Å². The van der Waals surface area contributed by atoms with E-state index >= 15 is 0 Å². The highest BCUT2D eigenvalue weighted by Gasteiger charge is 2.16. The summed E-state index contributed by atoms with van der Waals surface area (Å²) in [6, 6.07) is 8.37. The molecule has 25 heavy (non-hydrogen) atoms. The summed E-state index contributed by atoms with van der Waals surface area (Å²) in [5, 5.41) is 0. The molecule has 0 atom stereocenters. The maximum atomic E-state index is 12.5. The van der Waals surface area contributed by atoms with Gasteiger partial charge in [-0.15, -0.1) is 0 Å². The van der Waals surface area contributed by atoms with E-state index < -0.39 is 5.91 Å². The Morgan fingerprint density at radius 3 is 2.36 bits per heavy atom. The topological polar surface area (TPSA) is 74.3 Å². The first-order valence-electron chi connectivity index (χ1n) is 8.52. The van der Waals surface area contributed by atoms with Gasteiger partial charge in [-0.05, 0) is 56.5 Å². The summed E-state index contributed by atoms with van der Waals surface area (Å²) in [5.41, 5.74) is 8.39. The van der Waals surface area contributed by atoms with Crippen LogP contribution in [0.2, 0.25) is 0 Å². The van der Waals surface area contributed by atoms with Gasteiger partial charge in [-0.3, -0.25) is 9.59 Å². The molecule has 0 unspecified atom stereocenters. The Labute approximate surface area is 148 Å². The molecule has 2 aromatic rings. The number of carbonyl (C=O) groups is 2. The fourth-order valence-electron chi connectivity index (χ4n) is 2.76. The van der Waals surface area contributed by atoms with E-state index in [0.717, 1.165) is 24.4 Å². The highest BCUT2D eigenvalue weighted by Crippen LogP contribution is 2.19. The Kier molecular flexibility index (Phi) is 6.02. The van der Waals surface area contributed by atoms with Gasteiger partial charge in [0.2, 0.25) is 11.7 Å². The van der Waals surface area contributed by atoms with E-state index in [9.17, 15) is 9.59 Å². The zero-order chi connectivity index (χ0) is 18.6. The minimum atomic E-state index is -0.489. The van der Waals surface area contributed by atoms with E-state index in [0.29, 0.717) is 22.8 Å². The van der Waals surface area contributed by atoms with Crippen molar-refractivity contribution in [3.8, 4) is 5.75 Å². The predicted octanol–water partition coefficient (Wildman–Crippen LogP) is 3.51. The van der Waals surface area contributed by atoms with Crippen LogP contribution in [0.25, 0.3) is 0 Å². The summed E-state index contributed by atoms with van der Waals surface area (Å²) in [4.78, 5) is 23.6. The van der Waals surface area contributed by atoms with Crippen molar-refractivity contribution < 1.29 is 14.3 Å². The van der Waals surface area contributed by atoms with Crippen LogP contribution in [0.4, 0.5) is 0 Å². The van der Waals surface area contributed by atoms with Gasteiger partial charge >= 0.3 is 0 Å². The zero-order valence-corrected chi connectivity index (χ0v) is 15.3. The van der Waals surface area contributed by atoms with E-state index in [-0.39, 0.29) is 12.4 Å². The molecular formula is C20H26N2O3. The molecular weight excluding hydrogens is 316 g/mol. The van der Waals surface area contributed by atoms with Gasteiger partial charge in [-0.1, -0.05) is 13.8 Å². The molecule has 0 fully saturated rings. The number of carbonyl (C=O) groups excluding carboxylic acids is 2. The zero-order valence-electron chi connectivity index (χ0n) is 15.3. The predicted molar refractivity (Wildman–Crippen MR) is 98.1 cm³/mol. The third-order valence-electron chi connectivity index (χ3n) is 4.31. The average Bonchev–Trinajstić information content (AvgIpc) is 2.85. The van der Waals surface area contributed by atoms with E-state index in [1.54, 1.807) is 24.3 Å². The van der Waals surface area contributed by atoms with Crippen LogP contribution >= 0.6 is 0 Å². The summed E-state index contributed by atoms with van der Waals surface area (Å²) in [6.45, 7) is 9.26. The number of aromatic nitrogens is 1. The fraction of sp³-hybridized carbons (Fsp3) is 0.400. The molecule has 0 aliphatic carbocycles.